The zero-order valence-corrected chi connectivity index (χ0v) is 11.2. The molecule has 4 heteroatoms. The number of hydrogen-bond acceptors (Lipinski definition) is 3. The minimum atomic E-state index is -0.818. The van der Waals surface area contributed by atoms with Crippen molar-refractivity contribution < 1.29 is 14.6 Å². The molecule has 0 fully saturated rings. The fraction of sp³-hybridized carbons (Fsp3) is 0.400. The van der Waals surface area contributed by atoms with Crippen LogP contribution < -0.4 is 4.74 Å². The molecule has 2 rings (SSSR count). The quantitative estimate of drug-likeness (QED) is 0.827. The first kappa shape index (κ1) is 13.6. The normalized spacial score (nSPS) is 16.8. The predicted octanol–water partition coefficient (Wildman–Crippen LogP) is 2.47. The van der Waals surface area contributed by atoms with Gasteiger partial charge >= 0.3 is 5.97 Å². The van der Waals surface area contributed by atoms with Gasteiger partial charge in [-0.15, -0.1) is 0 Å². The summed E-state index contributed by atoms with van der Waals surface area (Å²) in [4.78, 5) is 13.4. The first-order valence-electron chi connectivity index (χ1n) is 6.46. The average Bonchev–Trinajstić information content (AvgIpc) is 2.84. The van der Waals surface area contributed by atoms with E-state index in [1.54, 1.807) is 0 Å². The number of nitrogens with zero attached hydrogens (tertiary/aromatic N) is 1. The van der Waals surface area contributed by atoms with E-state index in [1.165, 1.54) is 0 Å². The minimum absolute atomic E-state index is 0.115. The third-order valence-corrected chi connectivity index (χ3v) is 3.01. The Hall–Kier alpha value is -1.81. The van der Waals surface area contributed by atoms with Crippen molar-refractivity contribution in [1.29, 1.82) is 0 Å². The molecule has 0 saturated heterocycles. The maximum Gasteiger partial charge on any atom is 0.325 e. The monoisotopic (exact) mass is 261 g/mol. The molecule has 1 aliphatic heterocycles. The van der Waals surface area contributed by atoms with Crippen LogP contribution in [0.25, 0.3) is 0 Å². The number of aliphatic carboxylic acids is 1. The Morgan fingerprint density at radius 3 is 2.26 bits per heavy atom. The smallest absolute Gasteiger partial charge is 0.325 e. The van der Waals surface area contributed by atoms with Gasteiger partial charge in [0.1, 0.15) is 11.8 Å². The van der Waals surface area contributed by atoms with Crippen LogP contribution in [0.15, 0.2) is 36.4 Å². The van der Waals surface area contributed by atoms with Crippen molar-refractivity contribution in [3.63, 3.8) is 0 Å². The van der Waals surface area contributed by atoms with Crippen LogP contribution in [0.3, 0.4) is 0 Å². The van der Waals surface area contributed by atoms with Crippen molar-refractivity contribution in [1.82, 2.24) is 4.90 Å². The standard InChI is InChI=1S/C15H19NO3/c1-11(2)19-13-7-5-12(6-8-13)14(15(17)18)16-9-3-4-10-16/h3-8,11,14H,9-10H2,1-2H3,(H,17,18). The van der Waals surface area contributed by atoms with Crippen molar-refractivity contribution in [3.8, 4) is 5.75 Å². The van der Waals surface area contributed by atoms with Gasteiger partial charge in [-0.25, -0.2) is 0 Å². The molecule has 1 aliphatic rings. The first-order chi connectivity index (χ1) is 9.08. The second-order valence-corrected chi connectivity index (χ2v) is 4.90. The second kappa shape index (κ2) is 5.89. The lowest BCUT2D eigenvalue weighted by Crippen LogP contribution is -2.32. The van der Waals surface area contributed by atoms with Crippen molar-refractivity contribution >= 4 is 5.97 Å². The summed E-state index contributed by atoms with van der Waals surface area (Å²) in [5, 5.41) is 9.40. The maximum absolute atomic E-state index is 11.4. The first-order valence-corrected chi connectivity index (χ1v) is 6.46. The Morgan fingerprint density at radius 2 is 1.79 bits per heavy atom. The molecule has 0 aliphatic carbocycles. The molecule has 0 bridgehead atoms. The van der Waals surface area contributed by atoms with Gasteiger partial charge in [0.05, 0.1) is 6.10 Å². The molecule has 0 radical (unpaired) electrons. The van der Waals surface area contributed by atoms with E-state index in [0.717, 1.165) is 11.3 Å². The number of carbonyl (C=O) groups is 1. The van der Waals surface area contributed by atoms with Crippen LogP contribution in [-0.4, -0.2) is 35.2 Å². The molecule has 1 heterocycles. The van der Waals surface area contributed by atoms with Crippen molar-refractivity contribution in [2.75, 3.05) is 13.1 Å². The highest BCUT2D eigenvalue weighted by molar-refractivity contribution is 5.75. The number of carboxylic acids is 1. The average molecular weight is 261 g/mol. The van der Waals surface area contributed by atoms with Crippen LogP contribution in [0.4, 0.5) is 0 Å². The molecular formula is C15H19NO3. The van der Waals surface area contributed by atoms with Gasteiger partial charge in [0.15, 0.2) is 0 Å². The van der Waals surface area contributed by atoms with Gasteiger partial charge < -0.3 is 9.84 Å². The molecule has 1 N–H and O–H groups in total. The van der Waals surface area contributed by atoms with Crippen LogP contribution in [0.2, 0.25) is 0 Å². The van der Waals surface area contributed by atoms with Gasteiger partial charge in [-0.1, -0.05) is 24.3 Å². The lowest BCUT2D eigenvalue weighted by Gasteiger charge is -2.24. The number of benzene rings is 1. The molecule has 19 heavy (non-hydrogen) atoms. The molecule has 0 saturated carbocycles. The van der Waals surface area contributed by atoms with Gasteiger partial charge in [0.25, 0.3) is 0 Å². The van der Waals surface area contributed by atoms with Gasteiger partial charge in [-0.05, 0) is 31.5 Å². The Balaban J connectivity index is 2.15. The van der Waals surface area contributed by atoms with E-state index >= 15 is 0 Å². The topological polar surface area (TPSA) is 49.8 Å². The minimum Gasteiger partial charge on any atom is -0.491 e. The lowest BCUT2D eigenvalue weighted by molar-refractivity contribution is -0.143. The third-order valence-electron chi connectivity index (χ3n) is 3.01. The number of ether oxygens (including phenoxy) is 1. The maximum atomic E-state index is 11.4. The molecule has 1 unspecified atom stereocenters. The Morgan fingerprint density at radius 1 is 1.21 bits per heavy atom. The molecule has 1 atom stereocenters. The highest BCUT2D eigenvalue weighted by Gasteiger charge is 2.27. The fourth-order valence-electron chi connectivity index (χ4n) is 2.22. The molecule has 0 spiro atoms. The summed E-state index contributed by atoms with van der Waals surface area (Å²) < 4.78 is 5.56. The van der Waals surface area contributed by atoms with Gasteiger partial charge in [0.2, 0.25) is 0 Å². The summed E-state index contributed by atoms with van der Waals surface area (Å²) in [6.07, 6.45) is 4.10. The van der Waals surface area contributed by atoms with Crippen LogP contribution >= 0.6 is 0 Å². The number of hydrogen-bond donors (Lipinski definition) is 1. The predicted molar refractivity (Wildman–Crippen MR) is 73.3 cm³/mol. The van der Waals surface area contributed by atoms with E-state index in [9.17, 15) is 9.90 Å². The Kier molecular flexibility index (Phi) is 4.22. The zero-order chi connectivity index (χ0) is 13.8. The molecule has 102 valence electrons. The van der Waals surface area contributed by atoms with E-state index in [-0.39, 0.29) is 6.10 Å². The fourth-order valence-corrected chi connectivity index (χ4v) is 2.22. The van der Waals surface area contributed by atoms with Crippen LogP contribution in [0.5, 0.6) is 5.75 Å². The summed E-state index contributed by atoms with van der Waals surface area (Å²) in [6.45, 7) is 5.29. The Bertz CT molecular complexity index is 457. The second-order valence-electron chi connectivity index (χ2n) is 4.90. The van der Waals surface area contributed by atoms with Crippen LogP contribution in [0, 0.1) is 0 Å². The van der Waals surface area contributed by atoms with Gasteiger partial charge in [-0.2, -0.15) is 0 Å². The van der Waals surface area contributed by atoms with Crippen LogP contribution in [0.1, 0.15) is 25.5 Å². The van der Waals surface area contributed by atoms with Gasteiger partial charge in [-0.3, -0.25) is 9.69 Å². The highest BCUT2D eigenvalue weighted by atomic mass is 16.5. The largest absolute Gasteiger partial charge is 0.491 e. The van der Waals surface area contributed by atoms with Crippen molar-refractivity contribution in [2.24, 2.45) is 0 Å². The van der Waals surface area contributed by atoms with Crippen LogP contribution in [-0.2, 0) is 4.79 Å². The summed E-state index contributed by atoms with van der Waals surface area (Å²) >= 11 is 0. The molecule has 1 aromatic rings. The van der Waals surface area contributed by atoms with E-state index in [0.29, 0.717) is 13.1 Å². The lowest BCUT2D eigenvalue weighted by atomic mass is 10.1. The summed E-state index contributed by atoms with van der Waals surface area (Å²) in [6, 6.07) is 6.72. The molecule has 0 amide bonds. The molecule has 1 aromatic carbocycles. The molecule has 4 nitrogen and oxygen atoms in total. The molecule has 0 aromatic heterocycles. The molecular weight excluding hydrogens is 242 g/mol. The summed E-state index contributed by atoms with van der Waals surface area (Å²) in [7, 11) is 0. The van der Waals surface area contributed by atoms with E-state index < -0.39 is 12.0 Å². The van der Waals surface area contributed by atoms with Gasteiger partial charge in [0, 0.05) is 13.1 Å². The number of rotatable bonds is 5. The van der Waals surface area contributed by atoms with E-state index in [2.05, 4.69) is 0 Å². The number of carboxylic acid groups (broad SMARTS) is 1. The summed E-state index contributed by atoms with van der Waals surface area (Å²) in [5.41, 5.74) is 0.785. The highest BCUT2D eigenvalue weighted by Crippen LogP contribution is 2.25. The van der Waals surface area contributed by atoms with E-state index in [1.807, 2.05) is 55.2 Å². The van der Waals surface area contributed by atoms with Crippen molar-refractivity contribution in [2.45, 2.75) is 26.0 Å². The third kappa shape index (κ3) is 3.35. The van der Waals surface area contributed by atoms with E-state index in [4.69, 9.17) is 4.74 Å². The Labute approximate surface area is 113 Å². The summed E-state index contributed by atoms with van der Waals surface area (Å²) in [5.74, 6) is -0.0522. The SMILES string of the molecule is CC(C)Oc1ccc(C(C(=O)O)N2CC=CC2)cc1. The zero-order valence-electron chi connectivity index (χ0n) is 11.2. The van der Waals surface area contributed by atoms with Crippen molar-refractivity contribution in [3.05, 3.63) is 42.0 Å².